The van der Waals surface area contributed by atoms with Gasteiger partial charge in [0.25, 0.3) is 0 Å². The third kappa shape index (κ3) is 1.91. The molecule has 0 aliphatic carbocycles. The van der Waals surface area contributed by atoms with Gasteiger partial charge in [0.1, 0.15) is 17.6 Å². The third-order valence-electron chi connectivity index (χ3n) is 2.72. The van der Waals surface area contributed by atoms with Crippen molar-refractivity contribution in [1.82, 2.24) is 15.8 Å². The first kappa shape index (κ1) is 10.7. The number of pyridine rings is 1. The second-order valence-corrected chi connectivity index (χ2v) is 3.92. The number of hydrazine groups is 1. The number of phenolic OH excluding ortho intramolecular Hbond substituents is 1. The number of rotatable bonds is 2. The van der Waals surface area contributed by atoms with Crippen molar-refractivity contribution in [2.45, 2.75) is 6.17 Å². The van der Waals surface area contributed by atoms with E-state index < -0.39 is 0 Å². The molecule has 2 aromatic rings. The lowest BCUT2D eigenvalue weighted by Gasteiger charge is -2.08. The SMILES string of the molecule is Oc1ccccc1C1N=C(c2ccccn2)NN1. The zero-order valence-electron chi connectivity index (χ0n) is 9.54. The number of nitrogens with zero attached hydrogens (tertiary/aromatic N) is 2. The highest BCUT2D eigenvalue weighted by Gasteiger charge is 2.21. The van der Waals surface area contributed by atoms with Crippen LogP contribution in [0.15, 0.2) is 53.7 Å². The molecule has 2 heterocycles. The zero-order chi connectivity index (χ0) is 12.4. The molecule has 18 heavy (non-hydrogen) atoms. The van der Waals surface area contributed by atoms with E-state index in [0.717, 1.165) is 11.3 Å². The van der Waals surface area contributed by atoms with Crippen LogP contribution in [-0.4, -0.2) is 15.9 Å². The van der Waals surface area contributed by atoms with Gasteiger partial charge in [0, 0.05) is 11.8 Å². The summed E-state index contributed by atoms with van der Waals surface area (Å²) in [6, 6.07) is 12.8. The molecule has 1 atom stereocenters. The van der Waals surface area contributed by atoms with Gasteiger partial charge in [-0.3, -0.25) is 4.98 Å². The van der Waals surface area contributed by atoms with Gasteiger partial charge in [-0.25, -0.2) is 10.4 Å². The second kappa shape index (κ2) is 4.46. The minimum absolute atomic E-state index is 0.225. The molecule has 1 aromatic carbocycles. The van der Waals surface area contributed by atoms with Gasteiger partial charge in [0.15, 0.2) is 5.84 Å². The molecule has 5 heteroatoms. The van der Waals surface area contributed by atoms with Gasteiger partial charge < -0.3 is 10.5 Å². The summed E-state index contributed by atoms with van der Waals surface area (Å²) in [5, 5.41) is 9.78. The molecule has 1 aliphatic rings. The summed E-state index contributed by atoms with van der Waals surface area (Å²) >= 11 is 0. The fourth-order valence-electron chi connectivity index (χ4n) is 1.83. The molecule has 3 N–H and O–H groups in total. The number of para-hydroxylation sites is 1. The molecule has 0 saturated heterocycles. The van der Waals surface area contributed by atoms with Crippen molar-refractivity contribution in [3.63, 3.8) is 0 Å². The third-order valence-corrected chi connectivity index (χ3v) is 2.72. The predicted octanol–water partition coefficient (Wildman–Crippen LogP) is 1.34. The molecule has 1 unspecified atom stereocenters. The highest BCUT2D eigenvalue weighted by Crippen LogP contribution is 2.26. The Hall–Kier alpha value is -2.40. The Kier molecular flexibility index (Phi) is 2.66. The van der Waals surface area contributed by atoms with E-state index >= 15 is 0 Å². The van der Waals surface area contributed by atoms with Crippen molar-refractivity contribution in [2.75, 3.05) is 0 Å². The summed E-state index contributed by atoms with van der Waals surface area (Å²) < 4.78 is 0. The fraction of sp³-hybridized carbons (Fsp3) is 0.0769. The Balaban J connectivity index is 1.91. The van der Waals surface area contributed by atoms with Gasteiger partial charge in [-0.15, -0.1) is 0 Å². The molecule has 3 rings (SSSR count). The maximum Gasteiger partial charge on any atom is 0.163 e. The van der Waals surface area contributed by atoms with E-state index in [2.05, 4.69) is 20.8 Å². The van der Waals surface area contributed by atoms with Gasteiger partial charge >= 0.3 is 0 Å². The molecule has 0 saturated carbocycles. The van der Waals surface area contributed by atoms with E-state index in [1.54, 1.807) is 18.3 Å². The Morgan fingerprint density at radius 1 is 1.06 bits per heavy atom. The van der Waals surface area contributed by atoms with E-state index in [-0.39, 0.29) is 11.9 Å². The first-order valence-electron chi connectivity index (χ1n) is 5.63. The maximum atomic E-state index is 9.78. The van der Waals surface area contributed by atoms with Crippen molar-refractivity contribution < 1.29 is 5.11 Å². The molecule has 0 spiro atoms. The average molecular weight is 240 g/mol. The molecule has 90 valence electrons. The van der Waals surface area contributed by atoms with Gasteiger partial charge in [-0.1, -0.05) is 24.3 Å². The monoisotopic (exact) mass is 240 g/mol. The molecule has 0 amide bonds. The van der Waals surface area contributed by atoms with E-state index in [1.807, 2.05) is 30.3 Å². The van der Waals surface area contributed by atoms with Crippen LogP contribution in [-0.2, 0) is 0 Å². The fourth-order valence-corrected chi connectivity index (χ4v) is 1.83. The van der Waals surface area contributed by atoms with E-state index in [4.69, 9.17) is 0 Å². The van der Waals surface area contributed by atoms with Crippen LogP contribution in [0.25, 0.3) is 0 Å². The number of phenols is 1. The van der Waals surface area contributed by atoms with Crippen LogP contribution in [0.4, 0.5) is 0 Å². The predicted molar refractivity (Wildman–Crippen MR) is 67.9 cm³/mol. The van der Waals surface area contributed by atoms with Crippen LogP contribution in [0.3, 0.4) is 0 Å². The Morgan fingerprint density at radius 2 is 1.89 bits per heavy atom. The lowest BCUT2D eigenvalue weighted by atomic mass is 10.1. The van der Waals surface area contributed by atoms with E-state index in [1.165, 1.54) is 0 Å². The summed E-state index contributed by atoms with van der Waals surface area (Å²) in [5.74, 6) is 0.895. The Labute approximate surface area is 104 Å². The lowest BCUT2D eigenvalue weighted by Crippen LogP contribution is -2.32. The van der Waals surface area contributed by atoms with E-state index in [0.29, 0.717) is 5.84 Å². The summed E-state index contributed by atoms with van der Waals surface area (Å²) in [7, 11) is 0. The van der Waals surface area contributed by atoms with Crippen LogP contribution in [0.5, 0.6) is 5.75 Å². The van der Waals surface area contributed by atoms with Crippen LogP contribution >= 0.6 is 0 Å². The number of nitrogens with one attached hydrogen (secondary N) is 2. The summed E-state index contributed by atoms with van der Waals surface area (Å²) in [6.45, 7) is 0. The number of hydrogen-bond donors (Lipinski definition) is 3. The smallest absolute Gasteiger partial charge is 0.163 e. The standard InChI is InChI=1S/C13H12N4O/c18-11-7-2-1-5-9(11)12-15-13(17-16-12)10-6-3-4-8-14-10/h1-8,12,16,18H,(H,15,17). The molecular formula is C13H12N4O. The largest absolute Gasteiger partial charge is 0.508 e. The van der Waals surface area contributed by atoms with Crippen LogP contribution in [0.2, 0.25) is 0 Å². The van der Waals surface area contributed by atoms with Crippen molar-refractivity contribution in [3.05, 3.63) is 59.9 Å². The first-order valence-corrected chi connectivity index (χ1v) is 5.63. The maximum absolute atomic E-state index is 9.78. The van der Waals surface area contributed by atoms with Crippen LogP contribution in [0, 0.1) is 0 Å². The highest BCUT2D eigenvalue weighted by molar-refractivity contribution is 5.97. The van der Waals surface area contributed by atoms with Gasteiger partial charge in [-0.2, -0.15) is 0 Å². The number of amidine groups is 1. The molecule has 5 nitrogen and oxygen atoms in total. The number of aliphatic imine (C=N–C) groups is 1. The number of aromatic hydroxyl groups is 1. The Bertz CT molecular complexity index is 583. The summed E-state index contributed by atoms with van der Waals surface area (Å²) in [5.41, 5.74) is 7.48. The van der Waals surface area contributed by atoms with Crippen molar-refractivity contribution in [1.29, 1.82) is 0 Å². The van der Waals surface area contributed by atoms with Crippen molar-refractivity contribution in [3.8, 4) is 5.75 Å². The minimum atomic E-state index is -0.303. The molecule has 1 aliphatic heterocycles. The second-order valence-electron chi connectivity index (χ2n) is 3.92. The molecule has 0 radical (unpaired) electrons. The van der Waals surface area contributed by atoms with Gasteiger partial charge in [-0.05, 0) is 18.2 Å². The van der Waals surface area contributed by atoms with Crippen LogP contribution < -0.4 is 10.9 Å². The highest BCUT2D eigenvalue weighted by atomic mass is 16.3. The molecule has 1 aromatic heterocycles. The number of aromatic nitrogens is 1. The number of benzene rings is 1. The molecule has 0 fully saturated rings. The molecular weight excluding hydrogens is 228 g/mol. The van der Waals surface area contributed by atoms with Crippen LogP contribution in [0.1, 0.15) is 17.4 Å². The first-order chi connectivity index (χ1) is 8.84. The minimum Gasteiger partial charge on any atom is -0.508 e. The van der Waals surface area contributed by atoms with Crippen molar-refractivity contribution in [2.24, 2.45) is 4.99 Å². The number of hydrogen-bond acceptors (Lipinski definition) is 5. The van der Waals surface area contributed by atoms with Crippen molar-refractivity contribution >= 4 is 5.84 Å². The topological polar surface area (TPSA) is 69.5 Å². The zero-order valence-corrected chi connectivity index (χ0v) is 9.54. The summed E-state index contributed by atoms with van der Waals surface area (Å²) in [6.07, 6.45) is 1.41. The quantitative estimate of drug-likeness (QED) is 0.741. The van der Waals surface area contributed by atoms with E-state index in [9.17, 15) is 5.11 Å². The lowest BCUT2D eigenvalue weighted by molar-refractivity contribution is 0.452. The average Bonchev–Trinajstić information content (AvgIpc) is 2.90. The molecule has 0 bridgehead atoms. The normalized spacial score (nSPS) is 18.2. The summed E-state index contributed by atoms with van der Waals surface area (Å²) in [4.78, 5) is 8.68. The Morgan fingerprint density at radius 3 is 2.67 bits per heavy atom. The van der Waals surface area contributed by atoms with Gasteiger partial charge in [0.2, 0.25) is 0 Å². The van der Waals surface area contributed by atoms with Gasteiger partial charge in [0.05, 0.1) is 0 Å².